The van der Waals surface area contributed by atoms with Gasteiger partial charge in [0, 0.05) is 18.6 Å². The molecule has 3 rings (SSSR count). The molecule has 0 aliphatic rings. The predicted octanol–water partition coefficient (Wildman–Crippen LogP) is 1.17. The summed E-state index contributed by atoms with van der Waals surface area (Å²) in [7, 11) is 0. The molecule has 0 saturated heterocycles. The van der Waals surface area contributed by atoms with Crippen LogP contribution in [-0.2, 0) is 6.42 Å². The van der Waals surface area contributed by atoms with Gasteiger partial charge >= 0.3 is 0 Å². The van der Waals surface area contributed by atoms with E-state index in [2.05, 4.69) is 10.1 Å². The van der Waals surface area contributed by atoms with Crippen LogP contribution in [0, 0.1) is 10.1 Å². The molecule has 1 aromatic carbocycles. The average Bonchev–Trinajstić information content (AvgIpc) is 3.00. The van der Waals surface area contributed by atoms with Crippen molar-refractivity contribution in [3.05, 3.63) is 60.7 Å². The third-order valence-electron chi connectivity index (χ3n) is 2.94. The molecule has 0 aliphatic carbocycles. The van der Waals surface area contributed by atoms with Gasteiger partial charge in [0.1, 0.15) is 0 Å². The molecule has 0 aliphatic heterocycles. The summed E-state index contributed by atoms with van der Waals surface area (Å²) in [4.78, 5) is 27.1. The van der Waals surface area contributed by atoms with Crippen LogP contribution in [0.1, 0.15) is 18.3 Å². The highest BCUT2D eigenvalue weighted by Crippen LogP contribution is 2.12. The lowest BCUT2D eigenvalue weighted by Crippen LogP contribution is -2.23. The molecule has 21 heavy (non-hydrogen) atoms. The zero-order valence-electron chi connectivity index (χ0n) is 11.0. The molecule has 7 nitrogen and oxygen atoms in total. The smallest absolute Gasteiger partial charge is 0.266 e. The molecule has 0 spiro atoms. The van der Waals surface area contributed by atoms with E-state index in [-0.39, 0.29) is 11.2 Å². The van der Waals surface area contributed by atoms with Gasteiger partial charge in [0.2, 0.25) is 4.96 Å². The minimum atomic E-state index is -0.460. The summed E-state index contributed by atoms with van der Waals surface area (Å²) in [5, 5.41) is 14.7. The topological polar surface area (TPSA) is 90.4 Å². The van der Waals surface area contributed by atoms with Gasteiger partial charge in [-0.05, 0) is 23.8 Å². The lowest BCUT2D eigenvalue weighted by molar-refractivity contribution is -0.384. The second-order valence-corrected chi connectivity index (χ2v) is 5.35. The van der Waals surface area contributed by atoms with Crippen molar-refractivity contribution < 1.29 is 4.92 Å². The van der Waals surface area contributed by atoms with Crippen LogP contribution >= 0.6 is 11.3 Å². The number of nitro groups is 1. The summed E-state index contributed by atoms with van der Waals surface area (Å²) in [6.07, 6.45) is 2.36. The van der Waals surface area contributed by atoms with Gasteiger partial charge in [0.05, 0.1) is 9.46 Å². The minimum absolute atomic E-state index is 0.0183. The van der Waals surface area contributed by atoms with E-state index in [1.54, 1.807) is 18.2 Å². The first-order chi connectivity index (χ1) is 10.1. The Balaban J connectivity index is 2.06. The van der Waals surface area contributed by atoms with Gasteiger partial charge in [-0.2, -0.15) is 4.52 Å². The molecule has 0 amide bonds. The molecule has 0 fully saturated rings. The molecular formula is C13H10N4O3S. The van der Waals surface area contributed by atoms with Gasteiger partial charge in [-0.1, -0.05) is 18.3 Å². The number of fused-ring (bicyclic) bond motifs is 1. The van der Waals surface area contributed by atoms with Gasteiger partial charge < -0.3 is 0 Å². The normalized spacial score (nSPS) is 12.1. The number of thiazole rings is 1. The fourth-order valence-electron chi connectivity index (χ4n) is 1.87. The summed E-state index contributed by atoms with van der Waals surface area (Å²) in [6, 6.07) is 6.01. The fraction of sp³-hybridized carbons (Fsp3) is 0.154. The lowest BCUT2D eigenvalue weighted by Gasteiger charge is -1.92. The van der Waals surface area contributed by atoms with E-state index in [4.69, 9.17) is 0 Å². The number of non-ortho nitro benzene ring substituents is 1. The van der Waals surface area contributed by atoms with Crippen molar-refractivity contribution in [2.24, 2.45) is 0 Å². The Bertz CT molecular complexity index is 927. The van der Waals surface area contributed by atoms with Crippen LogP contribution in [0.4, 0.5) is 5.69 Å². The van der Waals surface area contributed by atoms with E-state index >= 15 is 0 Å². The maximum Gasteiger partial charge on any atom is 0.291 e. The van der Waals surface area contributed by atoms with Crippen molar-refractivity contribution >= 4 is 28.1 Å². The predicted molar refractivity (Wildman–Crippen MR) is 78.4 cm³/mol. The van der Waals surface area contributed by atoms with Crippen LogP contribution in [0.2, 0.25) is 0 Å². The van der Waals surface area contributed by atoms with Crippen LogP contribution in [0.5, 0.6) is 0 Å². The Hall–Kier alpha value is -2.61. The Kier molecular flexibility index (Phi) is 3.22. The molecule has 0 N–H and O–H groups in total. The van der Waals surface area contributed by atoms with Gasteiger partial charge in [-0.15, -0.1) is 5.10 Å². The molecule has 0 unspecified atom stereocenters. The number of nitrogens with zero attached hydrogens (tertiary/aromatic N) is 4. The molecule has 0 radical (unpaired) electrons. The third-order valence-corrected chi connectivity index (χ3v) is 3.90. The van der Waals surface area contributed by atoms with E-state index in [0.717, 1.165) is 5.56 Å². The molecule has 3 aromatic rings. The van der Waals surface area contributed by atoms with E-state index < -0.39 is 4.92 Å². The van der Waals surface area contributed by atoms with E-state index in [9.17, 15) is 14.9 Å². The molecule has 106 valence electrons. The SMILES string of the molecule is CCc1nc2s/c(=C\c3ccc([N+](=O)[O-])cc3)c(=O)n2n1. The summed E-state index contributed by atoms with van der Waals surface area (Å²) in [5.74, 6) is 0.639. The number of hydrogen-bond acceptors (Lipinski definition) is 6. The van der Waals surface area contributed by atoms with Gasteiger partial charge in [0.15, 0.2) is 5.82 Å². The lowest BCUT2D eigenvalue weighted by atomic mass is 10.2. The number of benzene rings is 1. The first-order valence-electron chi connectivity index (χ1n) is 6.23. The zero-order valence-corrected chi connectivity index (χ0v) is 11.8. The molecule has 8 heteroatoms. The van der Waals surface area contributed by atoms with Crippen molar-refractivity contribution in [2.75, 3.05) is 0 Å². The molecule has 0 saturated carbocycles. The second-order valence-electron chi connectivity index (χ2n) is 4.34. The van der Waals surface area contributed by atoms with Gasteiger partial charge in [-0.3, -0.25) is 14.9 Å². The summed E-state index contributed by atoms with van der Waals surface area (Å²) >= 11 is 1.25. The first-order valence-corrected chi connectivity index (χ1v) is 7.05. The van der Waals surface area contributed by atoms with E-state index in [1.807, 2.05) is 6.92 Å². The molecular weight excluding hydrogens is 292 g/mol. The van der Waals surface area contributed by atoms with Gasteiger partial charge in [0.25, 0.3) is 11.2 Å². The standard InChI is InChI=1S/C13H10N4O3S/c1-2-11-14-13-16(15-11)12(18)10(21-13)7-8-3-5-9(6-4-8)17(19)20/h3-7H,2H2,1H3/b10-7-. The molecule has 0 atom stereocenters. The third kappa shape index (κ3) is 2.40. The highest BCUT2D eigenvalue weighted by Gasteiger charge is 2.09. The van der Waals surface area contributed by atoms with Crippen molar-refractivity contribution in [1.82, 2.24) is 14.6 Å². The van der Waals surface area contributed by atoms with Crippen LogP contribution < -0.4 is 10.1 Å². The van der Waals surface area contributed by atoms with Crippen LogP contribution in [0.25, 0.3) is 11.0 Å². The number of nitro benzene ring substituents is 1. The highest BCUT2D eigenvalue weighted by molar-refractivity contribution is 7.15. The average molecular weight is 302 g/mol. The maximum absolute atomic E-state index is 12.2. The summed E-state index contributed by atoms with van der Waals surface area (Å²) in [6.45, 7) is 1.92. The summed E-state index contributed by atoms with van der Waals surface area (Å²) < 4.78 is 1.79. The Labute approximate surface area is 122 Å². The van der Waals surface area contributed by atoms with Crippen LogP contribution in [0.15, 0.2) is 29.1 Å². The minimum Gasteiger partial charge on any atom is -0.266 e. The van der Waals surface area contributed by atoms with Crippen LogP contribution in [-0.4, -0.2) is 19.5 Å². The van der Waals surface area contributed by atoms with E-state index in [1.165, 1.54) is 28.0 Å². The van der Waals surface area contributed by atoms with Gasteiger partial charge in [-0.25, -0.2) is 4.98 Å². The monoisotopic (exact) mass is 302 g/mol. The molecule has 0 bridgehead atoms. The number of aryl methyl sites for hydroxylation is 1. The maximum atomic E-state index is 12.2. The quantitative estimate of drug-likeness (QED) is 0.535. The van der Waals surface area contributed by atoms with E-state index in [0.29, 0.717) is 21.7 Å². The fourth-order valence-corrected chi connectivity index (χ4v) is 2.79. The Morgan fingerprint density at radius 3 is 2.67 bits per heavy atom. The molecule has 2 heterocycles. The molecule has 2 aromatic heterocycles. The zero-order chi connectivity index (χ0) is 15.0. The number of hydrogen-bond donors (Lipinski definition) is 0. The summed E-state index contributed by atoms with van der Waals surface area (Å²) in [5.41, 5.74) is 0.517. The highest BCUT2D eigenvalue weighted by atomic mass is 32.1. The first kappa shape index (κ1) is 13.4. The number of rotatable bonds is 3. The Morgan fingerprint density at radius 2 is 2.10 bits per heavy atom. The van der Waals surface area contributed by atoms with Crippen molar-refractivity contribution in [3.63, 3.8) is 0 Å². The van der Waals surface area contributed by atoms with Crippen molar-refractivity contribution in [3.8, 4) is 0 Å². The number of aromatic nitrogens is 3. The largest absolute Gasteiger partial charge is 0.291 e. The van der Waals surface area contributed by atoms with Crippen molar-refractivity contribution in [2.45, 2.75) is 13.3 Å². The van der Waals surface area contributed by atoms with Crippen LogP contribution in [0.3, 0.4) is 0 Å². The van der Waals surface area contributed by atoms with Crippen molar-refractivity contribution in [1.29, 1.82) is 0 Å². The second kappa shape index (κ2) is 5.06. The Morgan fingerprint density at radius 1 is 1.38 bits per heavy atom.